The molecule has 0 N–H and O–H groups in total. The van der Waals surface area contributed by atoms with Crippen LogP contribution in [0.25, 0.3) is 0 Å². The van der Waals surface area contributed by atoms with E-state index >= 15 is 0 Å². The van der Waals surface area contributed by atoms with Crippen molar-refractivity contribution in [3.05, 3.63) is 0 Å². The van der Waals surface area contributed by atoms with Gasteiger partial charge in [0.1, 0.15) is 0 Å². The van der Waals surface area contributed by atoms with E-state index in [1.807, 2.05) is 21.6 Å². The van der Waals surface area contributed by atoms with E-state index in [-0.39, 0.29) is 0 Å². The summed E-state index contributed by atoms with van der Waals surface area (Å²) in [6.45, 7) is 9.17. The van der Waals surface area contributed by atoms with E-state index < -0.39 is 8.53 Å². The molecule has 2 atom stereocenters. The summed E-state index contributed by atoms with van der Waals surface area (Å²) in [6.07, 6.45) is 3.24. The number of nitrogens with zero attached hydrogens (tertiary/aromatic N) is 2. The minimum atomic E-state index is -1.09. The van der Waals surface area contributed by atoms with E-state index in [1.54, 1.807) is 0 Å². The van der Waals surface area contributed by atoms with E-state index in [4.69, 9.17) is 14.3 Å². The van der Waals surface area contributed by atoms with Crippen LogP contribution in [0.2, 0.25) is 0 Å². The van der Waals surface area contributed by atoms with Crippen molar-refractivity contribution in [2.75, 3.05) is 12.4 Å². The number of rotatable bonds is 8. The van der Waals surface area contributed by atoms with Crippen molar-refractivity contribution in [2.45, 2.75) is 69.9 Å². The second-order valence-electron chi connectivity index (χ2n) is 6.07. The molecule has 0 radical (unpaired) electrons. The van der Waals surface area contributed by atoms with Crippen molar-refractivity contribution in [3.63, 3.8) is 0 Å². The van der Waals surface area contributed by atoms with Gasteiger partial charge in [0.15, 0.2) is 0 Å². The van der Waals surface area contributed by atoms with Crippen molar-refractivity contribution < 1.29 is 9.05 Å². The van der Waals surface area contributed by atoms with Crippen LogP contribution in [0.1, 0.15) is 47.0 Å². The van der Waals surface area contributed by atoms with E-state index in [9.17, 15) is 0 Å². The van der Waals surface area contributed by atoms with Crippen LogP contribution in [0.3, 0.4) is 0 Å². The molecule has 1 saturated heterocycles. The van der Waals surface area contributed by atoms with Gasteiger partial charge >= 0.3 is 0 Å². The lowest BCUT2D eigenvalue weighted by molar-refractivity contribution is 0.139. The summed E-state index contributed by atoms with van der Waals surface area (Å²) in [5.41, 5.74) is 0. The van der Waals surface area contributed by atoms with E-state index in [0.717, 1.165) is 5.75 Å². The quantitative estimate of drug-likeness (QED) is 0.364. The highest BCUT2D eigenvalue weighted by Crippen LogP contribution is 2.65. The number of nitriles is 1. The standard InChI is InChI=1S/C14H25N2O2PS2/c1-11(2)16(12(3)4)19(17-9-5-8-15)18-13-10-20-21-14(13)6-7-14/h11-13H,5-7,9-10H2,1-4H3. The van der Waals surface area contributed by atoms with Gasteiger partial charge in [0.25, 0.3) is 8.53 Å². The third-order valence-corrected chi connectivity index (χ3v) is 9.11. The van der Waals surface area contributed by atoms with Crippen molar-refractivity contribution in [3.8, 4) is 6.07 Å². The summed E-state index contributed by atoms with van der Waals surface area (Å²) in [7, 11) is 2.83. The Hall–Kier alpha value is 0.500. The SMILES string of the molecule is CC(C)N(C(C)C)P(OCCC#N)OC1CSSC12CC2. The van der Waals surface area contributed by atoms with Crippen molar-refractivity contribution >= 4 is 30.1 Å². The normalized spacial score (nSPS) is 25.0. The van der Waals surface area contributed by atoms with Crippen molar-refractivity contribution in [2.24, 2.45) is 0 Å². The van der Waals surface area contributed by atoms with Gasteiger partial charge in [-0.3, -0.25) is 0 Å². The average molecular weight is 348 g/mol. The molecule has 2 aliphatic rings. The molecule has 120 valence electrons. The summed E-state index contributed by atoms with van der Waals surface area (Å²) in [6, 6.07) is 2.89. The Morgan fingerprint density at radius 3 is 2.52 bits per heavy atom. The van der Waals surface area contributed by atoms with Crippen LogP contribution < -0.4 is 0 Å². The van der Waals surface area contributed by atoms with Gasteiger partial charge < -0.3 is 9.05 Å². The van der Waals surface area contributed by atoms with Crippen LogP contribution in [-0.2, 0) is 9.05 Å². The van der Waals surface area contributed by atoms with E-state index in [2.05, 4.69) is 38.4 Å². The zero-order valence-corrected chi connectivity index (χ0v) is 15.8. The lowest BCUT2D eigenvalue weighted by Gasteiger charge is -2.37. The first kappa shape index (κ1) is 17.8. The average Bonchev–Trinajstić information content (AvgIpc) is 3.06. The smallest absolute Gasteiger partial charge is 0.259 e. The second kappa shape index (κ2) is 7.86. The van der Waals surface area contributed by atoms with Gasteiger partial charge in [-0.25, -0.2) is 4.67 Å². The Labute approximate surface area is 137 Å². The van der Waals surface area contributed by atoms with Gasteiger partial charge in [0.05, 0.1) is 29.9 Å². The zero-order valence-electron chi connectivity index (χ0n) is 13.2. The van der Waals surface area contributed by atoms with Crippen LogP contribution in [0.5, 0.6) is 0 Å². The van der Waals surface area contributed by atoms with E-state index in [1.165, 1.54) is 12.8 Å². The molecule has 2 unspecified atom stereocenters. The number of hydrogen-bond donors (Lipinski definition) is 0. The highest BCUT2D eigenvalue weighted by molar-refractivity contribution is 8.77. The molecule has 0 bridgehead atoms. The molecule has 7 heteroatoms. The topological polar surface area (TPSA) is 45.5 Å². The Morgan fingerprint density at radius 1 is 1.33 bits per heavy atom. The van der Waals surface area contributed by atoms with Crippen LogP contribution >= 0.6 is 30.1 Å². The second-order valence-corrected chi connectivity index (χ2v) is 10.2. The summed E-state index contributed by atoms with van der Waals surface area (Å²) >= 11 is 0. The summed E-state index contributed by atoms with van der Waals surface area (Å²) in [4.78, 5) is 0. The molecule has 1 aliphatic heterocycles. The maximum absolute atomic E-state index is 8.73. The third-order valence-electron chi connectivity index (χ3n) is 3.65. The maximum atomic E-state index is 8.73. The molecule has 0 aromatic carbocycles. The molecule has 1 aliphatic carbocycles. The van der Waals surface area contributed by atoms with Gasteiger partial charge in [0, 0.05) is 17.8 Å². The fraction of sp³-hybridized carbons (Fsp3) is 0.929. The molecule has 0 amide bonds. The van der Waals surface area contributed by atoms with Gasteiger partial charge in [0.2, 0.25) is 0 Å². The molecular weight excluding hydrogens is 323 g/mol. The molecule has 21 heavy (non-hydrogen) atoms. The Morgan fingerprint density at radius 2 is 2.00 bits per heavy atom. The van der Waals surface area contributed by atoms with Gasteiger partial charge in [-0.15, -0.1) is 0 Å². The van der Waals surface area contributed by atoms with Crippen LogP contribution in [-0.4, -0.2) is 40.0 Å². The predicted molar refractivity (Wildman–Crippen MR) is 92.1 cm³/mol. The first-order valence-electron chi connectivity index (χ1n) is 7.56. The Balaban J connectivity index is 2.02. The summed E-state index contributed by atoms with van der Waals surface area (Å²) < 4.78 is 15.1. The molecular formula is C14H25N2O2PS2. The fourth-order valence-electron chi connectivity index (χ4n) is 2.48. The molecule has 2 rings (SSSR count). The van der Waals surface area contributed by atoms with Gasteiger partial charge in [-0.05, 0) is 40.5 Å². The van der Waals surface area contributed by atoms with Crippen LogP contribution in [0, 0.1) is 11.3 Å². The molecule has 1 heterocycles. The highest BCUT2D eigenvalue weighted by atomic mass is 33.1. The van der Waals surface area contributed by atoms with Gasteiger partial charge in [-0.2, -0.15) is 5.26 Å². The fourth-order valence-corrected chi connectivity index (χ4v) is 7.98. The van der Waals surface area contributed by atoms with Gasteiger partial charge in [-0.1, -0.05) is 21.6 Å². The highest BCUT2D eigenvalue weighted by Gasteiger charge is 2.56. The van der Waals surface area contributed by atoms with Crippen LogP contribution in [0.15, 0.2) is 0 Å². The van der Waals surface area contributed by atoms with Crippen molar-refractivity contribution in [1.82, 2.24) is 4.67 Å². The molecule has 1 saturated carbocycles. The predicted octanol–water partition coefficient (Wildman–Crippen LogP) is 4.58. The lowest BCUT2D eigenvalue weighted by atomic mass is 10.2. The van der Waals surface area contributed by atoms with Crippen molar-refractivity contribution in [1.29, 1.82) is 5.26 Å². The molecule has 0 aromatic rings. The molecule has 2 fully saturated rings. The third kappa shape index (κ3) is 4.50. The molecule has 4 nitrogen and oxygen atoms in total. The Bertz CT molecular complexity index is 378. The van der Waals surface area contributed by atoms with E-state index in [0.29, 0.717) is 36.0 Å². The summed E-state index contributed by atoms with van der Waals surface area (Å²) in [5.74, 6) is 1.05. The number of hydrogen-bond acceptors (Lipinski definition) is 6. The molecule has 0 aromatic heterocycles. The monoisotopic (exact) mass is 348 g/mol. The zero-order chi connectivity index (χ0) is 15.5. The minimum absolute atomic E-state index is 0.292. The Kier molecular flexibility index (Phi) is 6.68. The maximum Gasteiger partial charge on any atom is 0.259 e. The largest absolute Gasteiger partial charge is 0.321 e. The lowest BCUT2D eigenvalue weighted by Crippen LogP contribution is -2.36. The minimum Gasteiger partial charge on any atom is -0.321 e. The first-order valence-corrected chi connectivity index (χ1v) is 11.0. The first-order chi connectivity index (χ1) is 10.00. The summed E-state index contributed by atoms with van der Waals surface area (Å²) in [5, 5.41) is 8.73. The van der Waals surface area contributed by atoms with Crippen LogP contribution in [0.4, 0.5) is 0 Å². The molecule has 1 spiro atoms.